The van der Waals surface area contributed by atoms with E-state index in [1.807, 2.05) is 0 Å². The molecule has 78 valence electrons. The van der Waals surface area contributed by atoms with E-state index < -0.39 is 4.92 Å². The Balaban J connectivity index is 2.17. The zero-order valence-corrected chi connectivity index (χ0v) is 9.10. The molecule has 7 heteroatoms. The lowest BCUT2D eigenvalue weighted by molar-refractivity contribution is -0.384. The third kappa shape index (κ3) is 2.25. The van der Waals surface area contributed by atoms with Crippen molar-refractivity contribution in [2.24, 2.45) is 0 Å². The summed E-state index contributed by atoms with van der Waals surface area (Å²) in [5.41, 5.74) is 6.84. The van der Waals surface area contributed by atoms with Crippen molar-refractivity contribution >= 4 is 34.0 Å². The summed E-state index contributed by atoms with van der Waals surface area (Å²) in [6, 6.07) is 6.41. The molecule has 0 saturated carbocycles. The van der Waals surface area contributed by atoms with E-state index >= 15 is 0 Å². The van der Waals surface area contributed by atoms with Crippen LogP contribution in [0.25, 0.3) is 0 Å². The number of non-ortho nitro benzene ring substituents is 1. The maximum Gasteiger partial charge on any atom is 0.269 e. The minimum Gasteiger partial charge on any atom is -0.305 e. The number of hydrogen-bond acceptors (Lipinski definition) is 5. The number of hydrogen-bond donors (Lipinski definition) is 2. The van der Waals surface area contributed by atoms with Crippen molar-refractivity contribution in [1.82, 2.24) is 10.9 Å². The Hall–Kier alpha value is -1.18. The minimum absolute atomic E-state index is 0.0262. The first-order valence-corrected chi connectivity index (χ1v) is 5.42. The number of nitro groups is 1. The minimum atomic E-state index is -0.415. The van der Waals surface area contributed by atoms with Gasteiger partial charge in [0.2, 0.25) is 0 Å². The van der Waals surface area contributed by atoms with Gasteiger partial charge in [0.25, 0.3) is 5.69 Å². The maximum absolute atomic E-state index is 10.4. The second kappa shape index (κ2) is 4.13. The van der Waals surface area contributed by atoms with Crippen molar-refractivity contribution in [3.8, 4) is 0 Å². The summed E-state index contributed by atoms with van der Waals surface area (Å²) in [4.78, 5) is 10.0. The fourth-order valence-electron chi connectivity index (χ4n) is 1.21. The van der Waals surface area contributed by atoms with Crippen molar-refractivity contribution < 1.29 is 4.92 Å². The van der Waals surface area contributed by atoms with Gasteiger partial charge in [0.1, 0.15) is 9.69 Å². The second-order valence-electron chi connectivity index (χ2n) is 2.90. The molecule has 1 aliphatic heterocycles. The summed E-state index contributed by atoms with van der Waals surface area (Å²) >= 11 is 6.42. The molecule has 1 aliphatic rings. The molecule has 0 radical (unpaired) electrons. The number of nitro benzene ring substituents is 1. The van der Waals surface area contributed by atoms with Crippen LogP contribution in [0, 0.1) is 10.1 Å². The van der Waals surface area contributed by atoms with Gasteiger partial charge in [-0.2, -0.15) is 0 Å². The Morgan fingerprint density at radius 2 is 2.07 bits per heavy atom. The predicted molar refractivity (Wildman–Crippen MR) is 62.3 cm³/mol. The Morgan fingerprint density at radius 3 is 2.53 bits per heavy atom. The van der Waals surface area contributed by atoms with Gasteiger partial charge < -0.3 is 5.43 Å². The first-order chi connectivity index (χ1) is 7.16. The molecule has 0 spiro atoms. The molecule has 1 heterocycles. The third-order valence-electron chi connectivity index (χ3n) is 1.94. The normalized spacial score (nSPS) is 20.0. The molecular weight excluding hydrogens is 234 g/mol. The first kappa shape index (κ1) is 10.3. The lowest BCUT2D eigenvalue weighted by Crippen LogP contribution is -2.26. The molecule has 2 rings (SSSR count). The fourth-order valence-corrected chi connectivity index (χ4v) is 2.30. The predicted octanol–water partition coefficient (Wildman–Crippen LogP) is 1.72. The molecule has 1 aromatic carbocycles. The summed E-state index contributed by atoms with van der Waals surface area (Å²) in [6.07, 6.45) is 0. The lowest BCUT2D eigenvalue weighted by atomic mass is 10.2. The third-order valence-corrected chi connectivity index (χ3v) is 3.27. The SMILES string of the molecule is O=[N+]([O-])c1ccc([C@@H]2NNC(=S)S2)cc1. The summed E-state index contributed by atoms with van der Waals surface area (Å²) in [5, 5.41) is 10.5. The van der Waals surface area contributed by atoms with Crippen LogP contribution < -0.4 is 10.9 Å². The highest BCUT2D eigenvalue weighted by atomic mass is 32.2. The maximum atomic E-state index is 10.4. The smallest absolute Gasteiger partial charge is 0.269 e. The van der Waals surface area contributed by atoms with Gasteiger partial charge in [-0.05, 0) is 17.7 Å². The van der Waals surface area contributed by atoms with Gasteiger partial charge in [0, 0.05) is 12.1 Å². The number of rotatable bonds is 2. The van der Waals surface area contributed by atoms with Gasteiger partial charge >= 0.3 is 0 Å². The highest BCUT2D eigenvalue weighted by Crippen LogP contribution is 2.30. The number of thiocarbonyl (C=S) groups is 1. The molecule has 1 aromatic rings. The van der Waals surface area contributed by atoms with E-state index in [9.17, 15) is 10.1 Å². The van der Waals surface area contributed by atoms with E-state index in [1.54, 1.807) is 12.1 Å². The van der Waals surface area contributed by atoms with Crippen LogP contribution in [0.4, 0.5) is 5.69 Å². The quantitative estimate of drug-likeness (QED) is 0.467. The summed E-state index contributed by atoms with van der Waals surface area (Å²) in [7, 11) is 0. The summed E-state index contributed by atoms with van der Waals surface area (Å²) in [6.45, 7) is 0. The average Bonchev–Trinajstić information content (AvgIpc) is 2.65. The molecule has 1 atom stereocenters. The van der Waals surface area contributed by atoms with Crippen molar-refractivity contribution in [3.05, 3.63) is 39.9 Å². The molecule has 1 saturated heterocycles. The Morgan fingerprint density at radius 1 is 1.40 bits per heavy atom. The zero-order chi connectivity index (χ0) is 10.8. The standard InChI is InChI=1S/C8H7N3O2S2/c12-11(13)6-3-1-5(2-4-6)7-9-10-8(14)15-7/h1-4,7,9H,(H,10,14)/t7-/m1/s1. The summed E-state index contributed by atoms with van der Waals surface area (Å²) < 4.78 is 0.679. The van der Waals surface area contributed by atoms with E-state index in [0.717, 1.165) is 5.56 Å². The number of benzene rings is 1. The monoisotopic (exact) mass is 241 g/mol. The molecule has 0 unspecified atom stereocenters. The van der Waals surface area contributed by atoms with E-state index in [1.165, 1.54) is 23.9 Å². The van der Waals surface area contributed by atoms with E-state index in [2.05, 4.69) is 10.9 Å². The van der Waals surface area contributed by atoms with Gasteiger partial charge in [-0.25, -0.2) is 5.43 Å². The Bertz CT molecular complexity index is 407. The molecule has 0 aliphatic carbocycles. The van der Waals surface area contributed by atoms with E-state index in [4.69, 9.17) is 12.2 Å². The molecule has 15 heavy (non-hydrogen) atoms. The second-order valence-corrected chi connectivity index (χ2v) is 4.69. The van der Waals surface area contributed by atoms with Gasteiger partial charge in [-0.3, -0.25) is 10.1 Å². The van der Waals surface area contributed by atoms with Gasteiger partial charge in [-0.1, -0.05) is 24.0 Å². The molecule has 5 nitrogen and oxygen atoms in total. The molecular formula is C8H7N3O2S2. The van der Waals surface area contributed by atoms with Crippen LogP contribution in [0.2, 0.25) is 0 Å². The van der Waals surface area contributed by atoms with Gasteiger partial charge in [-0.15, -0.1) is 0 Å². The zero-order valence-electron chi connectivity index (χ0n) is 7.47. The fraction of sp³-hybridized carbons (Fsp3) is 0.125. The number of nitrogens with one attached hydrogen (secondary N) is 2. The van der Waals surface area contributed by atoms with Crippen LogP contribution in [-0.2, 0) is 0 Å². The molecule has 2 N–H and O–H groups in total. The van der Waals surface area contributed by atoms with Crippen molar-refractivity contribution in [2.75, 3.05) is 0 Å². The molecule has 0 amide bonds. The molecule has 0 aromatic heterocycles. The van der Waals surface area contributed by atoms with Crippen molar-refractivity contribution in [2.45, 2.75) is 5.37 Å². The van der Waals surface area contributed by atoms with Crippen LogP contribution in [0.1, 0.15) is 10.9 Å². The van der Waals surface area contributed by atoms with Crippen molar-refractivity contribution in [1.29, 1.82) is 0 Å². The van der Waals surface area contributed by atoms with Crippen molar-refractivity contribution in [3.63, 3.8) is 0 Å². The number of hydrazine groups is 1. The van der Waals surface area contributed by atoms with Crippen LogP contribution in [0.5, 0.6) is 0 Å². The van der Waals surface area contributed by atoms with E-state index in [-0.39, 0.29) is 11.1 Å². The topological polar surface area (TPSA) is 67.2 Å². The Labute approximate surface area is 95.4 Å². The highest BCUT2D eigenvalue weighted by molar-refractivity contribution is 8.23. The first-order valence-electron chi connectivity index (χ1n) is 4.13. The molecule has 0 bridgehead atoms. The Kier molecular flexibility index (Phi) is 2.85. The average molecular weight is 241 g/mol. The van der Waals surface area contributed by atoms with Gasteiger partial charge in [0.15, 0.2) is 0 Å². The van der Waals surface area contributed by atoms with Crippen LogP contribution in [-0.4, -0.2) is 9.24 Å². The summed E-state index contributed by atoms with van der Waals surface area (Å²) in [5.74, 6) is 0. The van der Waals surface area contributed by atoms with E-state index in [0.29, 0.717) is 4.32 Å². The lowest BCUT2D eigenvalue weighted by Gasteiger charge is -2.06. The van der Waals surface area contributed by atoms with Gasteiger partial charge in [0.05, 0.1) is 4.92 Å². The van der Waals surface area contributed by atoms with Crippen LogP contribution in [0.15, 0.2) is 24.3 Å². The highest BCUT2D eigenvalue weighted by Gasteiger charge is 2.21. The van der Waals surface area contributed by atoms with Crippen LogP contribution in [0.3, 0.4) is 0 Å². The number of thioether (sulfide) groups is 1. The largest absolute Gasteiger partial charge is 0.305 e. The number of nitrogens with zero attached hydrogens (tertiary/aromatic N) is 1. The molecule has 1 fully saturated rings. The van der Waals surface area contributed by atoms with Crippen LogP contribution >= 0.6 is 24.0 Å².